The minimum absolute atomic E-state index is 0. The van der Waals surface area contributed by atoms with Crippen LogP contribution in [0.15, 0.2) is 0 Å². The lowest BCUT2D eigenvalue weighted by Gasteiger charge is -2.20. The number of hydrogen-bond donors (Lipinski definition) is 1. The first kappa shape index (κ1) is 21.7. The molecule has 1 aromatic heterocycles. The van der Waals surface area contributed by atoms with Gasteiger partial charge in [-0.25, -0.2) is 4.98 Å². The lowest BCUT2D eigenvalue weighted by Crippen LogP contribution is -2.32. The smallest absolute Gasteiger partial charge is 0.265 e. The fraction of sp³-hybridized carbons (Fsp3) is 0.765. The van der Waals surface area contributed by atoms with Crippen LogP contribution >= 0.6 is 36.2 Å². The van der Waals surface area contributed by atoms with Crippen LogP contribution in [0, 0.1) is 24.7 Å². The Hall–Kier alpha value is -0.360. The summed E-state index contributed by atoms with van der Waals surface area (Å²) in [5.74, 6) is 2.31. The van der Waals surface area contributed by atoms with Crippen molar-refractivity contribution in [1.29, 1.82) is 0 Å². The molecule has 2 aliphatic rings. The molecule has 138 valence electrons. The van der Waals surface area contributed by atoms with Gasteiger partial charge in [-0.2, -0.15) is 0 Å². The summed E-state index contributed by atoms with van der Waals surface area (Å²) in [4.78, 5) is 20.4. The number of carbonyl (C=O) groups excluding carboxylic acids is 1. The Bertz CT molecular complexity index is 536. The number of halogens is 2. The van der Waals surface area contributed by atoms with Crippen molar-refractivity contribution in [2.45, 2.75) is 40.0 Å². The predicted octanol–water partition coefficient (Wildman–Crippen LogP) is 3.57. The van der Waals surface area contributed by atoms with Crippen LogP contribution in [0.25, 0.3) is 0 Å². The Labute approximate surface area is 161 Å². The molecule has 2 atom stereocenters. The van der Waals surface area contributed by atoms with Crippen LogP contribution < -0.4 is 5.32 Å². The summed E-state index contributed by atoms with van der Waals surface area (Å²) in [7, 11) is 0. The summed E-state index contributed by atoms with van der Waals surface area (Å²) >= 11 is 1.60. The lowest BCUT2D eigenvalue weighted by molar-refractivity contribution is 0.0762. The molecule has 1 amide bonds. The number of amides is 1. The summed E-state index contributed by atoms with van der Waals surface area (Å²) in [5, 5.41) is 4.59. The van der Waals surface area contributed by atoms with E-state index in [2.05, 4.69) is 29.0 Å². The van der Waals surface area contributed by atoms with E-state index < -0.39 is 0 Å². The van der Waals surface area contributed by atoms with Crippen molar-refractivity contribution < 1.29 is 4.79 Å². The van der Waals surface area contributed by atoms with Crippen LogP contribution in [0.3, 0.4) is 0 Å². The third kappa shape index (κ3) is 4.84. The van der Waals surface area contributed by atoms with Crippen molar-refractivity contribution in [3.8, 4) is 0 Å². The van der Waals surface area contributed by atoms with E-state index >= 15 is 0 Å². The van der Waals surface area contributed by atoms with E-state index in [-0.39, 0.29) is 30.7 Å². The Morgan fingerprint density at radius 1 is 1.25 bits per heavy atom. The second-order valence-electron chi connectivity index (χ2n) is 7.17. The zero-order chi connectivity index (χ0) is 15.7. The fourth-order valence-corrected chi connectivity index (χ4v) is 4.90. The molecular weight excluding hydrogens is 365 g/mol. The van der Waals surface area contributed by atoms with E-state index in [1.165, 1.54) is 0 Å². The number of likely N-dealkylation sites (tertiary alicyclic amines) is 1. The number of nitrogens with one attached hydrogen (secondary N) is 1. The second kappa shape index (κ2) is 9.37. The molecule has 3 heterocycles. The quantitative estimate of drug-likeness (QED) is 0.853. The van der Waals surface area contributed by atoms with Crippen molar-refractivity contribution in [2.75, 3.05) is 26.2 Å². The largest absolute Gasteiger partial charge is 0.338 e. The van der Waals surface area contributed by atoms with E-state index in [0.29, 0.717) is 5.92 Å². The highest BCUT2D eigenvalue weighted by Gasteiger charge is 2.32. The number of rotatable bonds is 3. The first-order valence-corrected chi connectivity index (χ1v) is 9.32. The van der Waals surface area contributed by atoms with Gasteiger partial charge in [0.25, 0.3) is 5.91 Å². The second-order valence-corrected chi connectivity index (χ2v) is 8.25. The van der Waals surface area contributed by atoms with E-state index in [1.54, 1.807) is 11.3 Å². The van der Waals surface area contributed by atoms with E-state index in [9.17, 15) is 4.79 Å². The van der Waals surface area contributed by atoms with Crippen molar-refractivity contribution in [3.63, 3.8) is 0 Å². The van der Waals surface area contributed by atoms with Gasteiger partial charge in [-0.05, 0) is 50.6 Å². The van der Waals surface area contributed by atoms with Gasteiger partial charge in [-0.15, -0.1) is 36.2 Å². The number of aromatic nitrogens is 1. The molecular formula is C17H29Cl2N3OS. The van der Waals surface area contributed by atoms with Crippen molar-refractivity contribution in [3.05, 3.63) is 15.6 Å². The van der Waals surface area contributed by atoms with Gasteiger partial charge in [0.15, 0.2) is 0 Å². The van der Waals surface area contributed by atoms with Crippen molar-refractivity contribution in [2.24, 2.45) is 17.8 Å². The standard InChI is InChI=1S/C17H27N3OS.2ClH/c1-11(2)8-15-19-12(3)16(22-15)17(21)20-6-4-13-9-18-10-14(13)5-7-20;;/h11,13-14,18H,4-10H2,1-3H3;2*1H/t13-,14+;;. The third-order valence-electron chi connectivity index (χ3n) is 4.92. The monoisotopic (exact) mass is 393 g/mol. The topological polar surface area (TPSA) is 45.2 Å². The van der Waals surface area contributed by atoms with Gasteiger partial charge in [0.2, 0.25) is 0 Å². The summed E-state index contributed by atoms with van der Waals surface area (Å²) in [5.41, 5.74) is 0.914. The Morgan fingerprint density at radius 2 is 1.83 bits per heavy atom. The third-order valence-corrected chi connectivity index (χ3v) is 6.09. The molecule has 3 rings (SSSR count). The highest BCUT2D eigenvalue weighted by Crippen LogP contribution is 2.29. The van der Waals surface area contributed by atoms with Crippen LogP contribution in [0.4, 0.5) is 0 Å². The molecule has 0 aliphatic carbocycles. The summed E-state index contributed by atoms with van der Waals surface area (Å²) in [6.45, 7) is 10.4. The molecule has 24 heavy (non-hydrogen) atoms. The van der Waals surface area contributed by atoms with Gasteiger partial charge in [0.05, 0.1) is 10.7 Å². The Morgan fingerprint density at radius 3 is 2.38 bits per heavy atom. The lowest BCUT2D eigenvalue weighted by atomic mass is 9.92. The molecule has 2 aliphatic heterocycles. The molecule has 1 aromatic rings. The Kier molecular flexibility index (Phi) is 8.46. The zero-order valence-corrected chi connectivity index (χ0v) is 17.2. The minimum Gasteiger partial charge on any atom is -0.338 e. The number of thiazole rings is 1. The highest BCUT2D eigenvalue weighted by atomic mass is 35.5. The number of nitrogens with zero attached hydrogens (tertiary/aromatic N) is 2. The molecule has 0 bridgehead atoms. The van der Waals surface area contributed by atoms with Gasteiger partial charge in [0.1, 0.15) is 4.88 Å². The average molecular weight is 394 g/mol. The molecule has 1 N–H and O–H groups in total. The number of carbonyl (C=O) groups is 1. The van der Waals surface area contributed by atoms with Crippen LogP contribution in [0.1, 0.15) is 47.1 Å². The Balaban J connectivity index is 0.00000144. The molecule has 0 saturated carbocycles. The normalized spacial score (nSPS) is 23.2. The summed E-state index contributed by atoms with van der Waals surface area (Å²) < 4.78 is 0. The van der Waals surface area contributed by atoms with Gasteiger partial charge in [-0.3, -0.25) is 4.79 Å². The SMILES string of the molecule is Cc1nc(CC(C)C)sc1C(=O)N1CC[C@@H]2CNC[C@@H]2CC1.Cl.Cl. The van der Waals surface area contributed by atoms with Gasteiger partial charge in [-0.1, -0.05) is 13.8 Å². The molecule has 2 saturated heterocycles. The zero-order valence-electron chi connectivity index (χ0n) is 14.7. The van der Waals surface area contributed by atoms with Gasteiger partial charge >= 0.3 is 0 Å². The average Bonchev–Trinajstić information content (AvgIpc) is 2.99. The van der Waals surface area contributed by atoms with Gasteiger partial charge in [0, 0.05) is 19.5 Å². The maximum atomic E-state index is 12.9. The van der Waals surface area contributed by atoms with Crippen LogP contribution in [0.2, 0.25) is 0 Å². The van der Waals surface area contributed by atoms with Gasteiger partial charge < -0.3 is 10.2 Å². The molecule has 7 heteroatoms. The van der Waals surface area contributed by atoms with Crippen molar-refractivity contribution >= 4 is 42.1 Å². The molecule has 0 radical (unpaired) electrons. The summed E-state index contributed by atoms with van der Waals surface area (Å²) in [6, 6.07) is 0. The fourth-order valence-electron chi connectivity index (χ4n) is 3.65. The highest BCUT2D eigenvalue weighted by molar-refractivity contribution is 7.13. The van der Waals surface area contributed by atoms with E-state index in [0.717, 1.165) is 72.9 Å². The first-order valence-electron chi connectivity index (χ1n) is 8.51. The van der Waals surface area contributed by atoms with Crippen molar-refractivity contribution in [1.82, 2.24) is 15.2 Å². The van der Waals surface area contributed by atoms with Crippen LogP contribution in [-0.2, 0) is 6.42 Å². The predicted molar refractivity (Wildman–Crippen MR) is 105 cm³/mol. The molecule has 2 fully saturated rings. The molecule has 0 aromatic carbocycles. The van der Waals surface area contributed by atoms with Crippen LogP contribution in [-0.4, -0.2) is 42.0 Å². The van der Waals surface area contributed by atoms with E-state index in [1.807, 2.05) is 6.92 Å². The molecule has 4 nitrogen and oxygen atoms in total. The summed E-state index contributed by atoms with van der Waals surface area (Å²) in [6.07, 6.45) is 3.24. The van der Waals surface area contributed by atoms with Crippen LogP contribution in [0.5, 0.6) is 0 Å². The molecule has 0 unspecified atom stereocenters. The van der Waals surface area contributed by atoms with E-state index in [4.69, 9.17) is 0 Å². The molecule has 0 spiro atoms. The number of aryl methyl sites for hydroxylation is 1. The maximum Gasteiger partial charge on any atom is 0.265 e. The number of hydrogen-bond acceptors (Lipinski definition) is 4. The number of fused-ring (bicyclic) bond motifs is 1. The maximum absolute atomic E-state index is 12.9. The minimum atomic E-state index is 0. The first-order chi connectivity index (χ1) is 10.5.